The highest BCUT2D eigenvalue weighted by atomic mass is 16.5. The molecule has 1 aliphatic rings. The number of aromatic nitrogens is 1. The molecular formula is C23H26N2O3. The normalized spacial score (nSPS) is 15.5. The van der Waals surface area contributed by atoms with E-state index in [1.807, 2.05) is 31.3 Å². The monoisotopic (exact) mass is 378 g/mol. The van der Waals surface area contributed by atoms with Crippen LogP contribution >= 0.6 is 0 Å². The predicted octanol–water partition coefficient (Wildman–Crippen LogP) is 3.93. The van der Waals surface area contributed by atoms with Gasteiger partial charge in [-0.1, -0.05) is 18.2 Å². The van der Waals surface area contributed by atoms with E-state index >= 15 is 0 Å². The Labute approximate surface area is 165 Å². The Hall–Kier alpha value is -2.95. The maximum absolute atomic E-state index is 12.6. The van der Waals surface area contributed by atoms with E-state index in [4.69, 9.17) is 9.47 Å². The number of aryl methyl sites for hydroxylation is 3. The SMILES string of the molecule is COc1cc2c(cc1OC)C(NC(=O)CCc1cn(C)c3ccccc13)CC2. The smallest absolute Gasteiger partial charge is 0.220 e. The summed E-state index contributed by atoms with van der Waals surface area (Å²) < 4.78 is 12.9. The third kappa shape index (κ3) is 3.33. The number of carbonyl (C=O) groups is 1. The van der Waals surface area contributed by atoms with Crippen LogP contribution < -0.4 is 14.8 Å². The van der Waals surface area contributed by atoms with Crippen LogP contribution in [-0.2, 0) is 24.7 Å². The fourth-order valence-corrected chi connectivity index (χ4v) is 4.22. The molecule has 1 N–H and O–H groups in total. The average molecular weight is 378 g/mol. The number of hydrogen-bond donors (Lipinski definition) is 1. The van der Waals surface area contributed by atoms with Gasteiger partial charge in [-0.15, -0.1) is 0 Å². The van der Waals surface area contributed by atoms with Crippen molar-refractivity contribution in [2.75, 3.05) is 14.2 Å². The Kier molecular flexibility index (Phi) is 4.99. The molecule has 28 heavy (non-hydrogen) atoms. The molecule has 0 bridgehead atoms. The Bertz CT molecular complexity index is 1020. The number of nitrogens with zero attached hydrogens (tertiary/aromatic N) is 1. The number of methoxy groups -OCH3 is 2. The molecule has 1 heterocycles. The molecule has 1 aromatic heterocycles. The fraction of sp³-hybridized carbons (Fsp3) is 0.348. The minimum atomic E-state index is 0.0369. The first-order chi connectivity index (χ1) is 13.6. The number of hydrogen-bond acceptors (Lipinski definition) is 3. The second-order valence-corrected chi connectivity index (χ2v) is 7.35. The summed E-state index contributed by atoms with van der Waals surface area (Å²) in [7, 11) is 5.33. The Morgan fingerprint density at radius 2 is 1.93 bits per heavy atom. The summed E-state index contributed by atoms with van der Waals surface area (Å²) in [5.41, 5.74) is 4.77. The van der Waals surface area contributed by atoms with Crippen LogP contribution in [0.3, 0.4) is 0 Å². The number of ether oxygens (including phenoxy) is 2. The Balaban J connectivity index is 1.44. The first-order valence-electron chi connectivity index (χ1n) is 9.67. The van der Waals surface area contributed by atoms with Gasteiger partial charge in [0.1, 0.15) is 0 Å². The molecule has 2 aromatic carbocycles. The standard InChI is InChI=1S/C23H26N2O3/c1-25-14-16(17-6-4-5-7-20(17)25)9-11-23(26)24-19-10-8-15-12-21(27-2)22(28-3)13-18(15)19/h4-7,12-14,19H,8-11H2,1-3H3,(H,24,26). The molecule has 0 saturated heterocycles. The summed E-state index contributed by atoms with van der Waals surface area (Å²) in [5, 5.41) is 4.43. The van der Waals surface area contributed by atoms with Crippen LogP contribution in [0.25, 0.3) is 10.9 Å². The molecule has 1 aliphatic carbocycles. The topological polar surface area (TPSA) is 52.5 Å². The first-order valence-corrected chi connectivity index (χ1v) is 9.67. The van der Waals surface area contributed by atoms with Crippen molar-refractivity contribution < 1.29 is 14.3 Å². The molecule has 0 spiro atoms. The van der Waals surface area contributed by atoms with Crippen molar-refractivity contribution in [2.45, 2.75) is 31.7 Å². The van der Waals surface area contributed by atoms with Crippen LogP contribution in [0.5, 0.6) is 11.5 Å². The van der Waals surface area contributed by atoms with E-state index in [-0.39, 0.29) is 11.9 Å². The molecule has 1 amide bonds. The van der Waals surface area contributed by atoms with Crippen LogP contribution in [0.15, 0.2) is 42.6 Å². The summed E-state index contributed by atoms with van der Waals surface area (Å²) in [6.07, 6.45) is 5.18. The minimum absolute atomic E-state index is 0.0369. The van der Waals surface area contributed by atoms with Crippen molar-refractivity contribution in [1.82, 2.24) is 9.88 Å². The van der Waals surface area contributed by atoms with Crippen molar-refractivity contribution in [2.24, 2.45) is 7.05 Å². The second kappa shape index (κ2) is 7.58. The van der Waals surface area contributed by atoms with Crippen molar-refractivity contribution in [1.29, 1.82) is 0 Å². The molecule has 4 rings (SSSR count). The van der Waals surface area contributed by atoms with Crippen LogP contribution in [0, 0.1) is 0 Å². The molecule has 3 aromatic rings. The van der Waals surface area contributed by atoms with Crippen molar-refractivity contribution in [3.8, 4) is 11.5 Å². The highest BCUT2D eigenvalue weighted by Gasteiger charge is 2.26. The highest BCUT2D eigenvalue weighted by Crippen LogP contribution is 2.39. The average Bonchev–Trinajstić information content (AvgIpc) is 3.26. The van der Waals surface area contributed by atoms with Gasteiger partial charge in [-0.05, 0) is 54.2 Å². The molecule has 0 fully saturated rings. The minimum Gasteiger partial charge on any atom is -0.493 e. The summed E-state index contributed by atoms with van der Waals surface area (Å²) in [5.74, 6) is 1.53. The summed E-state index contributed by atoms with van der Waals surface area (Å²) in [6.45, 7) is 0. The van der Waals surface area contributed by atoms with E-state index in [9.17, 15) is 4.79 Å². The largest absolute Gasteiger partial charge is 0.493 e. The molecule has 1 atom stereocenters. The third-order valence-electron chi connectivity index (χ3n) is 5.66. The first kappa shape index (κ1) is 18.4. The number of amides is 1. The zero-order chi connectivity index (χ0) is 19.7. The van der Waals surface area contributed by atoms with Gasteiger partial charge in [-0.3, -0.25) is 4.79 Å². The van der Waals surface area contributed by atoms with E-state index < -0.39 is 0 Å². The molecule has 0 saturated carbocycles. The highest BCUT2D eigenvalue weighted by molar-refractivity contribution is 5.85. The van der Waals surface area contributed by atoms with E-state index in [2.05, 4.69) is 28.2 Å². The van der Waals surface area contributed by atoms with E-state index in [0.29, 0.717) is 12.2 Å². The van der Waals surface area contributed by atoms with Gasteiger partial charge in [-0.2, -0.15) is 0 Å². The van der Waals surface area contributed by atoms with Gasteiger partial charge < -0.3 is 19.4 Å². The molecular weight excluding hydrogens is 352 g/mol. The van der Waals surface area contributed by atoms with Gasteiger partial charge in [0.25, 0.3) is 0 Å². The van der Waals surface area contributed by atoms with E-state index in [0.717, 1.165) is 30.6 Å². The number of benzene rings is 2. The Morgan fingerprint density at radius 1 is 1.18 bits per heavy atom. The zero-order valence-electron chi connectivity index (χ0n) is 16.6. The molecule has 146 valence electrons. The number of fused-ring (bicyclic) bond motifs is 2. The van der Waals surface area contributed by atoms with Gasteiger partial charge in [0.05, 0.1) is 20.3 Å². The fourth-order valence-electron chi connectivity index (χ4n) is 4.22. The summed E-state index contributed by atoms with van der Waals surface area (Å²) >= 11 is 0. The van der Waals surface area contributed by atoms with Crippen molar-refractivity contribution in [3.63, 3.8) is 0 Å². The predicted molar refractivity (Wildman–Crippen MR) is 110 cm³/mol. The molecule has 5 nitrogen and oxygen atoms in total. The number of carbonyl (C=O) groups excluding carboxylic acids is 1. The number of rotatable bonds is 6. The van der Waals surface area contributed by atoms with E-state index in [1.54, 1.807) is 14.2 Å². The van der Waals surface area contributed by atoms with Crippen LogP contribution in [-0.4, -0.2) is 24.7 Å². The lowest BCUT2D eigenvalue weighted by molar-refractivity contribution is -0.121. The van der Waals surface area contributed by atoms with Gasteiger partial charge in [0.15, 0.2) is 11.5 Å². The van der Waals surface area contributed by atoms with Gasteiger partial charge in [0.2, 0.25) is 5.91 Å². The third-order valence-corrected chi connectivity index (χ3v) is 5.66. The molecule has 1 unspecified atom stereocenters. The lowest BCUT2D eigenvalue weighted by Crippen LogP contribution is -2.27. The van der Waals surface area contributed by atoms with E-state index in [1.165, 1.54) is 22.0 Å². The lowest BCUT2D eigenvalue weighted by Gasteiger charge is -2.16. The van der Waals surface area contributed by atoms with Crippen LogP contribution in [0.1, 0.15) is 35.6 Å². The van der Waals surface area contributed by atoms with Gasteiger partial charge >= 0.3 is 0 Å². The van der Waals surface area contributed by atoms with Crippen LogP contribution in [0.4, 0.5) is 0 Å². The second-order valence-electron chi connectivity index (χ2n) is 7.35. The molecule has 0 aliphatic heterocycles. The van der Waals surface area contributed by atoms with Crippen molar-refractivity contribution >= 4 is 16.8 Å². The lowest BCUT2D eigenvalue weighted by atomic mass is 10.1. The number of para-hydroxylation sites is 1. The quantitative estimate of drug-likeness (QED) is 0.707. The summed E-state index contributed by atoms with van der Waals surface area (Å²) in [6, 6.07) is 12.4. The maximum atomic E-state index is 12.6. The van der Waals surface area contributed by atoms with Gasteiger partial charge in [0, 0.05) is 30.6 Å². The molecule has 0 radical (unpaired) electrons. The number of nitrogens with one attached hydrogen (secondary N) is 1. The maximum Gasteiger partial charge on any atom is 0.220 e. The Morgan fingerprint density at radius 3 is 2.71 bits per heavy atom. The van der Waals surface area contributed by atoms with Gasteiger partial charge in [-0.25, -0.2) is 0 Å². The zero-order valence-corrected chi connectivity index (χ0v) is 16.6. The van der Waals surface area contributed by atoms with Crippen LogP contribution in [0.2, 0.25) is 0 Å². The molecule has 5 heteroatoms. The summed E-state index contributed by atoms with van der Waals surface area (Å²) in [4.78, 5) is 12.6. The van der Waals surface area contributed by atoms with Crippen molar-refractivity contribution in [3.05, 3.63) is 59.3 Å².